The van der Waals surface area contributed by atoms with Gasteiger partial charge in [0.05, 0.1) is 12.3 Å². The number of alkyl halides is 8. The van der Waals surface area contributed by atoms with Crippen molar-refractivity contribution in [1.82, 2.24) is 14.8 Å². The largest absolute Gasteiger partial charge is 0.461 e. The van der Waals surface area contributed by atoms with Gasteiger partial charge in [0.25, 0.3) is 0 Å². The number of halogens is 8. The van der Waals surface area contributed by atoms with Crippen molar-refractivity contribution >= 4 is 17.4 Å². The zero-order valence-corrected chi connectivity index (χ0v) is 14.3. The summed E-state index contributed by atoms with van der Waals surface area (Å²) in [5.41, 5.74) is 7.03. The van der Waals surface area contributed by atoms with Gasteiger partial charge in [-0.3, -0.25) is 0 Å². The Balaban J connectivity index is 2.41. The Morgan fingerprint density at radius 3 is 2.22 bits per heavy atom. The van der Waals surface area contributed by atoms with Crippen molar-refractivity contribution in [3.63, 3.8) is 0 Å². The number of hydrogen-bond donors (Lipinski definition) is 1. The quantitative estimate of drug-likeness (QED) is 0.439. The SMILES string of the molecule is Cc1cc(Cn2nc(C(F)(F)C(F)(F)F)nc2SCC(F)(F)F)ccc1N. The number of rotatable bonds is 5. The highest BCUT2D eigenvalue weighted by atomic mass is 32.2. The van der Waals surface area contributed by atoms with E-state index in [4.69, 9.17) is 5.73 Å². The predicted molar refractivity (Wildman–Crippen MR) is 81.4 cm³/mol. The molecule has 150 valence electrons. The minimum absolute atomic E-state index is 0.0329. The zero-order valence-electron chi connectivity index (χ0n) is 13.5. The van der Waals surface area contributed by atoms with Crippen molar-refractivity contribution in [2.24, 2.45) is 0 Å². The fraction of sp³-hybridized carbons (Fsp3) is 0.429. The molecule has 0 unspecified atom stereocenters. The van der Waals surface area contributed by atoms with Crippen molar-refractivity contribution in [3.05, 3.63) is 35.2 Å². The van der Waals surface area contributed by atoms with E-state index in [0.717, 1.165) is 0 Å². The van der Waals surface area contributed by atoms with Crippen LogP contribution in [0.15, 0.2) is 23.4 Å². The van der Waals surface area contributed by atoms with E-state index in [9.17, 15) is 35.1 Å². The van der Waals surface area contributed by atoms with E-state index >= 15 is 0 Å². The molecule has 0 bridgehead atoms. The van der Waals surface area contributed by atoms with Gasteiger partial charge in [-0.25, -0.2) is 4.68 Å². The van der Waals surface area contributed by atoms with E-state index in [1.165, 1.54) is 18.2 Å². The molecule has 2 N–H and O–H groups in total. The van der Waals surface area contributed by atoms with Crippen LogP contribution in [-0.4, -0.2) is 32.9 Å². The lowest BCUT2D eigenvalue weighted by Crippen LogP contribution is -2.35. The van der Waals surface area contributed by atoms with Crippen molar-refractivity contribution < 1.29 is 35.1 Å². The number of hydrogen-bond acceptors (Lipinski definition) is 4. The molecule has 1 aromatic carbocycles. The van der Waals surface area contributed by atoms with Crippen LogP contribution in [0.4, 0.5) is 40.8 Å². The molecule has 1 heterocycles. The predicted octanol–water partition coefficient (Wildman–Crippen LogP) is 4.53. The first kappa shape index (κ1) is 21.3. The molecule has 0 saturated carbocycles. The molecule has 0 aliphatic carbocycles. The van der Waals surface area contributed by atoms with Crippen LogP contribution in [0.3, 0.4) is 0 Å². The summed E-state index contributed by atoms with van der Waals surface area (Å²) in [5.74, 6) is -8.83. The second-order valence-corrected chi connectivity index (χ2v) is 6.49. The molecule has 0 radical (unpaired) electrons. The van der Waals surface area contributed by atoms with Crippen LogP contribution in [0, 0.1) is 6.92 Å². The van der Waals surface area contributed by atoms with Crippen LogP contribution in [0.2, 0.25) is 0 Å². The summed E-state index contributed by atoms with van der Waals surface area (Å²) in [4.78, 5) is 3.01. The molecular weight excluding hydrogens is 408 g/mol. The third-order valence-corrected chi connectivity index (χ3v) is 4.34. The third kappa shape index (κ3) is 5.02. The molecule has 0 fully saturated rings. The van der Waals surface area contributed by atoms with Crippen LogP contribution in [0.5, 0.6) is 0 Å². The highest BCUT2D eigenvalue weighted by Crippen LogP contribution is 2.43. The first-order valence-electron chi connectivity index (χ1n) is 7.15. The summed E-state index contributed by atoms with van der Waals surface area (Å²) in [6.45, 7) is 1.27. The van der Waals surface area contributed by atoms with Gasteiger partial charge in [-0.1, -0.05) is 23.9 Å². The number of nitrogen functional groups attached to an aromatic ring is 1. The highest BCUT2D eigenvalue weighted by Gasteiger charge is 2.62. The maximum Gasteiger partial charge on any atom is 0.461 e. The second kappa shape index (κ2) is 7.17. The topological polar surface area (TPSA) is 56.7 Å². The van der Waals surface area contributed by atoms with E-state index in [0.29, 0.717) is 21.5 Å². The average Bonchev–Trinajstić information content (AvgIpc) is 2.91. The van der Waals surface area contributed by atoms with Crippen molar-refractivity contribution in [3.8, 4) is 0 Å². The van der Waals surface area contributed by atoms with Crippen molar-refractivity contribution in [2.75, 3.05) is 11.5 Å². The maximum atomic E-state index is 13.5. The number of anilines is 1. The number of nitrogens with two attached hydrogens (primary N) is 1. The van der Waals surface area contributed by atoms with Gasteiger partial charge in [-0.05, 0) is 24.1 Å². The van der Waals surface area contributed by atoms with Gasteiger partial charge in [0.2, 0.25) is 5.82 Å². The summed E-state index contributed by atoms with van der Waals surface area (Å²) in [6, 6.07) is 4.43. The number of aromatic nitrogens is 3. The van der Waals surface area contributed by atoms with Gasteiger partial charge in [0.15, 0.2) is 5.16 Å². The van der Waals surface area contributed by atoms with Crippen LogP contribution in [-0.2, 0) is 12.5 Å². The molecule has 0 saturated heterocycles. The van der Waals surface area contributed by atoms with Gasteiger partial charge >= 0.3 is 18.3 Å². The smallest absolute Gasteiger partial charge is 0.399 e. The van der Waals surface area contributed by atoms with Crippen molar-refractivity contribution in [2.45, 2.75) is 36.9 Å². The van der Waals surface area contributed by atoms with E-state index in [2.05, 4.69) is 10.1 Å². The number of benzene rings is 1. The van der Waals surface area contributed by atoms with Crippen LogP contribution in [0.25, 0.3) is 0 Å². The molecule has 27 heavy (non-hydrogen) atoms. The molecule has 0 atom stereocenters. The van der Waals surface area contributed by atoms with Crippen LogP contribution >= 0.6 is 11.8 Å². The Kier molecular flexibility index (Phi) is 5.64. The summed E-state index contributed by atoms with van der Waals surface area (Å²) < 4.78 is 102. The summed E-state index contributed by atoms with van der Waals surface area (Å²) in [5, 5.41) is 2.40. The molecule has 1 aromatic heterocycles. The van der Waals surface area contributed by atoms with E-state index < -0.39 is 35.0 Å². The molecule has 0 aliphatic rings. The number of nitrogens with zero attached hydrogens (tertiary/aromatic N) is 3. The standard InChI is InChI=1S/C14H12F8N4S/c1-7-4-8(2-3-9(7)23)5-26-11(27-6-12(15,16)17)24-10(25-26)13(18,19)14(20,21)22/h2-4H,5-6,23H2,1H3. The zero-order chi connectivity index (χ0) is 20.6. The Morgan fingerprint density at radius 1 is 1.07 bits per heavy atom. The average molecular weight is 420 g/mol. The fourth-order valence-corrected chi connectivity index (χ4v) is 2.65. The summed E-state index contributed by atoms with van der Waals surface area (Å²) in [7, 11) is 0. The first-order chi connectivity index (χ1) is 12.2. The molecule has 0 amide bonds. The number of aryl methyl sites for hydroxylation is 1. The first-order valence-corrected chi connectivity index (χ1v) is 8.13. The molecule has 0 aliphatic heterocycles. The van der Waals surface area contributed by atoms with Crippen LogP contribution in [0.1, 0.15) is 17.0 Å². The van der Waals surface area contributed by atoms with E-state index in [1.807, 2.05) is 0 Å². The maximum absolute atomic E-state index is 13.5. The van der Waals surface area contributed by atoms with Gasteiger partial charge in [-0.15, -0.1) is 5.10 Å². The Morgan fingerprint density at radius 2 is 1.70 bits per heavy atom. The monoisotopic (exact) mass is 420 g/mol. The molecule has 2 rings (SSSR count). The second-order valence-electron chi connectivity index (χ2n) is 5.54. The van der Waals surface area contributed by atoms with Crippen LogP contribution < -0.4 is 5.73 Å². The molecule has 0 spiro atoms. The van der Waals surface area contributed by atoms with Gasteiger partial charge in [0, 0.05) is 5.69 Å². The Hall–Kier alpha value is -2.05. The minimum atomic E-state index is -5.98. The lowest BCUT2D eigenvalue weighted by atomic mass is 10.1. The van der Waals surface area contributed by atoms with Gasteiger partial charge in [-0.2, -0.15) is 40.1 Å². The number of thioether (sulfide) groups is 1. The normalized spacial score (nSPS) is 13.2. The lowest BCUT2D eigenvalue weighted by Gasteiger charge is -2.15. The van der Waals surface area contributed by atoms with Gasteiger partial charge in [0.1, 0.15) is 0 Å². The van der Waals surface area contributed by atoms with Gasteiger partial charge < -0.3 is 5.73 Å². The summed E-state index contributed by atoms with van der Waals surface area (Å²) in [6.07, 6.45) is -10.7. The fourth-order valence-electron chi connectivity index (χ4n) is 1.95. The molecule has 4 nitrogen and oxygen atoms in total. The van der Waals surface area contributed by atoms with Crippen molar-refractivity contribution in [1.29, 1.82) is 0 Å². The summed E-state index contributed by atoms with van der Waals surface area (Å²) >= 11 is -0.0329. The highest BCUT2D eigenvalue weighted by molar-refractivity contribution is 7.99. The van der Waals surface area contributed by atoms with E-state index in [1.54, 1.807) is 6.92 Å². The molecule has 2 aromatic rings. The Labute approximate surface area is 151 Å². The minimum Gasteiger partial charge on any atom is -0.399 e. The third-order valence-electron chi connectivity index (χ3n) is 3.31. The lowest BCUT2D eigenvalue weighted by molar-refractivity contribution is -0.292. The molecular formula is C14H12F8N4S. The Bertz CT molecular complexity index is 812. The van der Waals surface area contributed by atoms with E-state index in [-0.39, 0.29) is 18.3 Å². The molecule has 13 heteroatoms.